The van der Waals surface area contributed by atoms with Crippen molar-refractivity contribution in [1.29, 1.82) is 0 Å². The van der Waals surface area contributed by atoms with Crippen LogP contribution < -0.4 is 5.32 Å². The molecule has 0 atom stereocenters. The van der Waals surface area contributed by atoms with Gasteiger partial charge in [0.25, 0.3) is 0 Å². The molecule has 5 nitrogen and oxygen atoms in total. The average molecular weight is 276 g/mol. The minimum absolute atomic E-state index is 0.0369. The second kappa shape index (κ2) is 7.05. The minimum atomic E-state index is -0.187. The summed E-state index contributed by atoms with van der Waals surface area (Å²) in [7, 11) is 1.48. The Labute approximate surface area is 118 Å². The first-order chi connectivity index (χ1) is 9.69. The highest BCUT2D eigenvalue weighted by Gasteiger charge is 2.17. The van der Waals surface area contributed by atoms with Crippen molar-refractivity contribution in [2.45, 2.75) is 19.3 Å². The third kappa shape index (κ3) is 4.06. The van der Waals surface area contributed by atoms with Crippen LogP contribution in [0.3, 0.4) is 0 Å². The zero-order valence-electron chi connectivity index (χ0n) is 11.7. The van der Waals surface area contributed by atoms with E-state index in [1.54, 1.807) is 12.1 Å². The standard InChI is InChI=1S/C15H20N2O3/c1-20-11-14(18)16-13-6-4-12(5-7-13)10-15(19)17-8-2-3-9-17/h4-7H,2-3,8-11H2,1H3,(H,16,18). The molecule has 0 aromatic heterocycles. The molecule has 108 valence electrons. The maximum absolute atomic E-state index is 12.0. The zero-order chi connectivity index (χ0) is 14.4. The van der Waals surface area contributed by atoms with Gasteiger partial charge in [0.2, 0.25) is 11.8 Å². The molecule has 0 radical (unpaired) electrons. The van der Waals surface area contributed by atoms with E-state index in [2.05, 4.69) is 5.32 Å². The van der Waals surface area contributed by atoms with Crippen molar-refractivity contribution in [3.05, 3.63) is 29.8 Å². The molecule has 5 heteroatoms. The summed E-state index contributed by atoms with van der Waals surface area (Å²) in [4.78, 5) is 25.3. The molecular formula is C15H20N2O3. The van der Waals surface area contributed by atoms with Gasteiger partial charge >= 0.3 is 0 Å². The number of amides is 2. The highest BCUT2D eigenvalue weighted by molar-refractivity contribution is 5.91. The fraction of sp³-hybridized carbons (Fsp3) is 0.467. The predicted octanol–water partition coefficient (Wildman–Crippen LogP) is 1.44. The molecule has 1 fully saturated rings. The van der Waals surface area contributed by atoms with E-state index in [0.29, 0.717) is 12.1 Å². The van der Waals surface area contributed by atoms with E-state index >= 15 is 0 Å². The lowest BCUT2D eigenvalue weighted by atomic mass is 10.1. The topological polar surface area (TPSA) is 58.6 Å². The molecule has 1 aliphatic heterocycles. The molecule has 0 saturated carbocycles. The van der Waals surface area contributed by atoms with Crippen LogP contribution in [0, 0.1) is 0 Å². The third-order valence-electron chi connectivity index (χ3n) is 3.33. The number of benzene rings is 1. The molecule has 1 aromatic carbocycles. The molecule has 1 aliphatic rings. The summed E-state index contributed by atoms with van der Waals surface area (Å²) < 4.78 is 4.75. The smallest absolute Gasteiger partial charge is 0.250 e. The van der Waals surface area contributed by atoms with Gasteiger partial charge in [0.05, 0.1) is 6.42 Å². The number of hydrogen-bond donors (Lipinski definition) is 1. The first-order valence-corrected chi connectivity index (χ1v) is 6.84. The van der Waals surface area contributed by atoms with Crippen molar-refractivity contribution in [1.82, 2.24) is 4.90 Å². The van der Waals surface area contributed by atoms with Gasteiger partial charge < -0.3 is 15.0 Å². The SMILES string of the molecule is COCC(=O)Nc1ccc(CC(=O)N2CCCC2)cc1. The molecule has 0 unspecified atom stereocenters. The summed E-state index contributed by atoms with van der Waals surface area (Å²) in [6.07, 6.45) is 2.64. The van der Waals surface area contributed by atoms with Crippen molar-refractivity contribution >= 4 is 17.5 Å². The summed E-state index contributed by atoms with van der Waals surface area (Å²) in [6, 6.07) is 7.35. The van der Waals surface area contributed by atoms with Gasteiger partial charge in [0.15, 0.2) is 0 Å². The number of hydrogen-bond acceptors (Lipinski definition) is 3. The first-order valence-electron chi connectivity index (χ1n) is 6.84. The Hall–Kier alpha value is -1.88. The lowest BCUT2D eigenvalue weighted by molar-refractivity contribution is -0.129. The molecule has 0 bridgehead atoms. The quantitative estimate of drug-likeness (QED) is 0.885. The highest BCUT2D eigenvalue weighted by atomic mass is 16.5. The summed E-state index contributed by atoms with van der Waals surface area (Å²) in [5.41, 5.74) is 1.68. The van der Waals surface area contributed by atoms with E-state index in [-0.39, 0.29) is 18.4 Å². The van der Waals surface area contributed by atoms with Gasteiger partial charge in [0.1, 0.15) is 6.61 Å². The molecular weight excluding hydrogens is 256 g/mol. The molecule has 0 aliphatic carbocycles. The summed E-state index contributed by atoms with van der Waals surface area (Å²) in [6.45, 7) is 1.79. The zero-order valence-corrected chi connectivity index (χ0v) is 11.7. The highest BCUT2D eigenvalue weighted by Crippen LogP contribution is 2.13. The van der Waals surface area contributed by atoms with Gasteiger partial charge in [-0.3, -0.25) is 9.59 Å². The molecule has 1 saturated heterocycles. The number of methoxy groups -OCH3 is 1. The van der Waals surface area contributed by atoms with Crippen LogP contribution in [0.2, 0.25) is 0 Å². The van der Waals surface area contributed by atoms with Crippen LogP contribution >= 0.6 is 0 Å². The first kappa shape index (κ1) is 14.5. The second-order valence-corrected chi connectivity index (χ2v) is 4.94. The molecule has 20 heavy (non-hydrogen) atoms. The molecule has 1 aromatic rings. The van der Waals surface area contributed by atoms with E-state index < -0.39 is 0 Å². The second-order valence-electron chi connectivity index (χ2n) is 4.94. The normalized spacial score (nSPS) is 14.3. The third-order valence-corrected chi connectivity index (χ3v) is 3.33. The van der Waals surface area contributed by atoms with Crippen LogP contribution in [0.25, 0.3) is 0 Å². The number of nitrogens with one attached hydrogen (secondary N) is 1. The van der Waals surface area contributed by atoms with Crippen molar-refractivity contribution in [2.75, 3.05) is 32.1 Å². The van der Waals surface area contributed by atoms with Gasteiger partial charge in [-0.15, -0.1) is 0 Å². The molecule has 2 amide bonds. The lowest BCUT2D eigenvalue weighted by Crippen LogP contribution is -2.29. The summed E-state index contributed by atoms with van der Waals surface area (Å²) in [5.74, 6) is -0.00735. The van der Waals surface area contributed by atoms with Gasteiger partial charge in [0, 0.05) is 25.9 Å². The van der Waals surface area contributed by atoms with E-state index in [1.807, 2.05) is 17.0 Å². The van der Waals surface area contributed by atoms with Crippen LogP contribution in [0.4, 0.5) is 5.69 Å². The van der Waals surface area contributed by atoms with Gasteiger partial charge in [-0.2, -0.15) is 0 Å². The Kier molecular flexibility index (Phi) is 5.12. The van der Waals surface area contributed by atoms with Gasteiger partial charge in [-0.25, -0.2) is 0 Å². The largest absolute Gasteiger partial charge is 0.375 e. The monoisotopic (exact) mass is 276 g/mol. The van der Waals surface area contributed by atoms with Crippen LogP contribution in [0.5, 0.6) is 0 Å². The molecule has 1 heterocycles. The summed E-state index contributed by atoms with van der Waals surface area (Å²) >= 11 is 0. The number of carbonyl (C=O) groups is 2. The number of carbonyl (C=O) groups excluding carboxylic acids is 2. The minimum Gasteiger partial charge on any atom is -0.375 e. The van der Waals surface area contributed by atoms with E-state index in [1.165, 1.54) is 7.11 Å². The van der Waals surface area contributed by atoms with Crippen LogP contribution in [-0.2, 0) is 20.7 Å². The van der Waals surface area contributed by atoms with E-state index in [9.17, 15) is 9.59 Å². The average Bonchev–Trinajstić information content (AvgIpc) is 2.95. The molecule has 1 N–H and O–H groups in total. The maximum Gasteiger partial charge on any atom is 0.250 e. The number of ether oxygens (including phenoxy) is 1. The van der Waals surface area contributed by atoms with Crippen molar-refractivity contribution < 1.29 is 14.3 Å². The fourth-order valence-corrected chi connectivity index (χ4v) is 2.29. The van der Waals surface area contributed by atoms with Crippen LogP contribution in [0.15, 0.2) is 24.3 Å². The van der Waals surface area contributed by atoms with Crippen molar-refractivity contribution in [3.8, 4) is 0 Å². The fourth-order valence-electron chi connectivity index (χ4n) is 2.29. The van der Waals surface area contributed by atoms with Crippen LogP contribution in [-0.4, -0.2) is 43.5 Å². The Morgan fingerprint density at radius 3 is 2.45 bits per heavy atom. The van der Waals surface area contributed by atoms with Crippen molar-refractivity contribution in [3.63, 3.8) is 0 Å². The van der Waals surface area contributed by atoms with Gasteiger partial charge in [-0.05, 0) is 30.5 Å². The Balaban J connectivity index is 1.87. The van der Waals surface area contributed by atoms with E-state index in [0.717, 1.165) is 31.5 Å². The van der Waals surface area contributed by atoms with Gasteiger partial charge in [-0.1, -0.05) is 12.1 Å². The van der Waals surface area contributed by atoms with Crippen LogP contribution in [0.1, 0.15) is 18.4 Å². The Morgan fingerprint density at radius 2 is 1.85 bits per heavy atom. The summed E-state index contributed by atoms with van der Waals surface area (Å²) in [5, 5.41) is 2.72. The predicted molar refractivity (Wildman–Crippen MR) is 76.5 cm³/mol. The maximum atomic E-state index is 12.0. The lowest BCUT2D eigenvalue weighted by Gasteiger charge is -2.15. The Morgan fingerprint density at radius 1 is 1.20 bits per heavy atom. The molecule has 2 rings (SSSR count). The Bertz CT molecular complexity index is 465. The van der Waals surface area contributed by atoms with Crippen molar-refractivity contribution in [2.24, 2.45) is 0 Å². The number of nitrogens with zero attached hydrogens (tertiary/aromatic N) is 1. The number of rotatable bonds is 5. The molecule has 0 spiro atoms. The number of likely N-dealkylation sites (tertiary alicyclic amines) is 1. The number of anilines is 1. The van der Waals surface area contributed by atoms with E-state index in [4.69, 9.17) is 4.74 Å².